The summed E-state index contributed by atoms with van der Waals surface area (Å²) in [6.45, 7) is 2.86. The molecule has 0 fully saturated rings. The van der Waals surface area contributed by atoms with Gasteiger partial charge in [0.05, 0.1) is 5.69 Å². The second-order valence-electron chi connectivity index (χ2n) is 3.92. The van der Waals surface area contributed by atoms with Crippen molar-refractivity contribution in [1.82, 2.24) is 10.2 Å². The van der Waals surface area contributed by atoms with Crippen LogP contribution in [0.15, 0.2) is 22.7 Å². The van der Waals surface area contributed by atoms with Crippen molar-refractivity contribution in [2.45, 2.75) is 13.3 Å². The highest BCUT2D eigenvalue weighted by atomic mass is 79.9. The van der Waals surface area contributed by atoms with Gasteiger partial charge in [-0.1, -0.05) is 29.9 Å². The molecule has 0 bridgehead atoms. The minimum Gasteiger partial charge on any atom is -0.360 e. The Hall–Kier alpha value is -1.18. The van der Waals surface area contributed by atoms with E-state index in [0.717, 1.165) is 13.0 Å². The Balaban J connectivity index is 2.06. The third-order valence-corrected chi connectivity index (χ3v) is 4.10. The smallest absolute Gasteiger partial charge is 0.286 e. The number of benzene rings is 1. The van der Waals surface area contributed by atoms with E-state index in [1.807, 2.05) is 0 Å². The molecule has 1 amide bonds. The minimum absolute atomic E-state index is 0.296. The van der Waals surface area contributed by atoms with Crippen LogP contribution in [-0.4, -0.2) is 22.6 Å². The maximum atomic E-state index is 12.1. The van der Waals surface area contributed by atoms with Gasteiger partial charge in [0, 0.05) is 16.0 Å². The Bertz CT molecular complexity index is 619. The van der Waals surface area contributed by atoms with Crippen LogP contribution in [0.4, 0.5) is 10.8 Å². The molecular formula is C12H12BrClN4OS. The monoisotopic (exact) mass is 374 g/mol. The highest BCUT2D eigenvalue weighted by Gasteiger charge is 2.14. The highest BCUT2D eigenvalue weighted by Crippen LogP contribution is 2.26. The first-order valence-corrected chi connectivity index (χ1v) is 7.92. The van der Waals surface area contributed by atoms with Crippen LogP contribution in [0, 0.1) is 0 Å². The number of anilines is 2. The number of hydrogen-bond acceptors (Lipinski definition) is 5. The highest BCUT2D eigenvalue weighted by molar-refractivity contribution is 9.10. The molecule has 0 saturated heterocycles. The summed E-state index contributed by atoms with van der Waals surface area (Å²) in [5.74, 6) is -0.296. The van der Waals surface area contributed by atoms with E-state index in [2.05, 4.69) is 43.7 Å². The molecule has 0 aliphatic heterocycles. The summed E-state index contributed by atoms with van der Waals surface area (Å²) in [5, 5.41) is 15.2. The Morgan fingerprint density at radius 2 is 2.25 bits per heavy atom. The van der Waals surface area contributed by atoms with E-state index < -0.39 is 0 Å². The standard InChI is InChI=1S/C12H12BrClN4OS/c1-2-5-15-12-18-17-11(20-12)10(19)16-9-4-3-7(14)6-8(9)13/h3-4,6H,2,5H2,1H3,(H,15,18)(H,16,19). The number of aromatic nitrogens is 2. The van der Waals surface area contributed by atoms with E-state index in [4.69, 9.17) is 11.6 Å². The molecule has 0 radical (unpaired) electrons. The van der Waals surface area contributed by atoms with Crippen LogP contribution in [0.3, 0.4) is 0 Å². The molecule has 106 valence electrons. The van der Waals surface area contributed by atoms with Crippen molar-refractivity contribution in [3.05, 3.63) is 32.7 Å². The average Bonchev–Trinajstić information content (AvgIpc) is 2.88. The molecular weight excluding hydrogens is 364 g/mol. The number of amides is 1. The van der Waals surface area contributed by atoms with E-state index in [-0.39, 0.29) is 5.91 Å². The zero-order chi connectivity index (χ0) is 14.5. The molecule has 0 unspecified atom stereocenters. The fourth-order valence-corrected chi connectivity index (χ4v) is 2.83. The van der Waals surface area contributed by atoms with Crippen molar-refractivity contribution in [2.24, 2.45) is 0 Å². The normalized spacial score (nSPS) is 10.3. The van der Waals surface area contributed by atoms with Gasteiger partial charge in [-0.25, -0.2) is 0 Å². The first-order valence-electron chi connectivity index (χ1n) is 5.94. The van der Waals surface area contributed by atoms with Gasteiger partial charge in [-0.3, -0.25) is 4.79 Å². The number of hydrogen-bond donors (Lipinski definition) is 2. The van der Waals surface area contributed by atoms with E-state index in [1.54, 1.807) is 18.2 Å². The largest absolute Gasteiger partial charge is 0.360 e. The first-order chi connectivity index (χ1) is 9.60. The second-order valence-corrected chi connectivity index (χ2v) is 6.19. The lowest BCUT2D eigenvalue weighted by Crippen LogP contribution is -2.11. The lowest BCUT2D eigenvalue weighted by atomic mass is 10.3. The molecule has 5 nitrogen and oxygen atoms in total. The van der Waals surface area contributed by atoms with Crippen molar-refractivity contribution >= 4 is 55.6 Å². The van der Waals surface area contributed by atoms with Crippen molar-refractivity contribution in [3.8, 4) is 0 Å². The van der Waals surface area contributed by atoms with Crippen molar-refractivity contribution in [1.29, 1.82) is 0 Å². The lowest BCUT2D eigenvalue weighted by Gasteiger charge is -2.05. The fraction of sp³-hybridized carbons (Fsp3) is 0.250. The van der Waals surface area contributed by atoms with Crippen LogP contribution in [0.2, 0.25) is 5.02 Å². The summed E-state index contributed by atoms with van der Waals surface area (Å²) in [6.07, 6.45) is 0.985. The molecule has 8 heteroatoms. The van der Waals surface area contributed by atoms with E-state index in [0.29, 0.717) is 25.3 Å². The zero-order valence-electron chi connectivity index (χ0n) is 10.6. The quantitative estimate of drug-likeness (QED) is 0.828. The third kappa shape index (κ3) is 3.91. The maximum absolute atomic E-state index is 12.1. The number of rotatable bonds is 5. The molecule has 2 aromatic rings. The van der Waals surface area contributed by atoms with Crippen LogP contribution in [-0.2, 0) is 0 Å². The lowest BCUT2D eigenvalue weighted by molar-refractivity contribution is 0.102. The van der Waals surface area contributed by atoms with Gasteiger partial charge in [-0.2, -0.15) is 0 Å². The molecule has 20 heavy (non-hydrogen) atoms. The van der Waals surface area contributed by atoms with Gasteiger partial charge in [-0.15, -0.1) is 10.2 Å². The fourth-order valence-electron chi connectivity index (χ4n) is 1.38. The van der Waals surface area contributed by atoms with E-state index in [1.165, 1.54) is 11.3 Å². The second kappa shape index (κ2) is 7.01. The predicted molar refractivity (Wildman–Crippen MR) is 85.8 cm³/mol. The molecule has 0 atom stereocenters. The van der Waals surface area contributed by atoms with Gasteiger partial charge in [0.15, 0.2) is 0 Å². The number of halogens is 2. The number of carbonyl (C=O) groups is 1. The molecule has 1 heterocycles. The summed E-state index contributed by atoms with van der Waals surface area (Å²) in [5.41, 5.74) is 0.637. The molecule has 2 rings (SSSR count). The maximum Gasteiger partial charge on any atom is 0.286 e. The van der Waals surface area contributed by atoms with E-state index >= 15 is 0 Å². The Kier molecular flexibility index (Phi) is 5.33. The molecule has 1 aromatic carbocycles. The third-order valence-electron chi connectivity index (χ3n) is 2.32. The number of nitrogens with zero attached hydrogens (tertiary/aromatic N) is 2. The molecule has 0 spiro atoms. The van der Waals surface area contributed by atoms with Gasteiger partial charge in [0.1, 0.15) is 0 Å². The van der Waals surface area contributed by atoms with Crippen LogP contribution in [0.25, 0.3) is 0 Å². The zero-order valence-corrected chi connectivity index (χ0v) is 13.8. The SMILES string of the molecule is CCCNc1nnc(C(=O)Nc2ccc(Cl)cc2Br)s1. The summed E-state index contributed by atoms with van der Waals surface area (Å²) < 4.78 is 0.715. The molecule has 1 aromatic heterocycles. The van der Waals surface area contributed by atoms with Crippen LogP contribution in [0.1, 0.15) is 23.1 Å². The molecule has 0 aliphatic rings. The molecule has 0 saturated carbocycles. The Morgan fingerprint density at radius 3 is 2.95 bits per heavy atom. The van der Waals surface area contributed by atoms with Crippen LogP contribution < -0.4 is 10.6 Å². The van der Waals surface area contributed by atoms with Gasteiger partial charge in [-0.05, 0) is 40.5 Å². The molecule has 2 N–H and O–H groups in total. The Morgan fingerprint density at radius 1 is 1.45 bits per heavy atom. The van der Waals surface area contributed by atoms with Crippen molar-refractivity contribution in [2.75, 3.05) is 17.2 Å². The topological polar surface area (TPSA) is 66.9 Å². The Labute approximate surface area is 133 Å². The van der Waals surface area contributed by atoms with E-state index in [9.17, 15) is 4.79 Å². The minimum atomic E-state index is -0.296. The summed E-state index contributed by atoms with van der Waals surface area (Å²) in [7, 11) is 0. The van der Waals surface area contributed by atoms with Crippen molar-refractivity contribution < 1.29 is 4.79 Å². The van der Waals surface area contributed by atoms with Gasteiger partial charge >= 0.3 is 0 Å². The van der Waals surface area contributed by atoms with Crippen molar-refractivity contribution in [3.63, 3.8) is 0 Å². The first kappa shape index (κ1) is 15.2. The average molecular weight is 376 g/mol. The van der Waals surface area contributed by atoms with Crippen LogP contribution in [0.5, 0.6) is 0 Å². The van der Waals surface area contributed by atoms with Crippen LogP contribution >= 0.6 is 38.9 Å². The summed E-state index contributed by atoms with van der Waals surface area (Å²) in [4.78, 5) is 12.1. The number of carbonyl (C=O) groups excluding carboxylic acids is 1. The predicted octanol–water partition coefficient (Wildman–Crippen LogP) is 4.03. The van der Waals surface area contributed by atoms with Gasteiger partial charge in [0.2, 0.25) is 10.1 Å². The summed E-state index contributed by atoms with van der Waals surface area (Å²) in [6, 6.07) is 5.14. The van der Waals surface area contributed by atoms with Gasteiger partial charge in [0.25, 0.3) is 5.91 Å². The van der Waals surface area contributed by atoms with Gasteiger partial charge < -0.3 is 10.6 Å². The number of nitrogens with one attached hydrogen (secondary N) is 2. The summed E-state index contributed by atoms with van der Waals surface area (Å²) >= 11 is 10.4. The molecule has 0 aliphatic carbocycles.